The van der Waals surface area contributed by atoms with Crippen LogP contribution in [0.3, 0.4) is 0 Å². The van der Waals surface area contributed by atoms with E-state index < -0.39 is 18.1 Å². The van der Waals surface area contributed by atoms with Crippen LogP contribution in [0.1, 0.15) is 20.7 Å². The van der Waals surface area contributed by atoms with Crippen molar-refractivity contribution in [2.45, 2.75) is 0 Å². The fourth-order valence-corrected chi connectivity index (χ4v) is 2.07. The lowest BCUT2D eigenvalue weighted by Gasteiger charge is -2.11. The van der Waals surface area contributed by atoms with E-state index in [0.717, 1.165) is 0 Å². The van der Waals surface area contributed by atoms with Gasteiger partial charge in [0.1, 0.15) is 35.8 Å². The van der Waals surface area contributed by atoms with E-state index in [1.165, 1.54) is 36.4 Å². The number of carbonyl (C=O) groups is 3. The Hall–Kier alpha value is -3.87. The Morgan fingerprint density at radius 3 is 1.50 bits per heavy atom. The summed E-state index contributed by atoms with van der Waals surface area (Å²) >= 11 is 0. The maximum absolute atomic E-state index is 12.2. The topological polar surface area (TPSA) is 88.1 Å². The molecule has 0 saturated carbocycles. The largest absolute Gasteiger partial charge is 0.519 e. The van der Waals surface area contributed by atoms with Crippen molar-refractivity contribution in [1.82, 2.24) is 0 Å². The van der Waals surface area contributed by atoms with Crippen LogP contribution in [0, 0.1) is 0 Å². The second kappa shape index (κ2) is 10.3. The third-order valence-electron chi connectivity index (χ3n) is 3.27. The van der Waals surface area contributed by atoms with Crippen LogP contribution in [0.15, 0.2) is 73.8 Å². The molecule has 0 fully saturated rings. The normalized spacial score (nSPS) is 9.71. The molecule has 0 amide bonds. The van der Waals surface area contributed by atoms with Crippen LogP contribution in [0.4, 0.5) is 4.79 Å². The highest BCUT2D eigenvalue weighted by Crippen LogP contribution is 2.23. The first-order valence-corrected chi connectivity index (χ1v) is 8.20. The fourth-order valence-electron chi connectivity index (χ4n) is 2.07. The molecule has 0 N–H and O–H groups in total. The smallest absolute Gasteiger partial charge is 0.458 e. The molecule has 0 aromatic heterocycles. The highest BCUT2D eigenvalue weighted by Gasteiger charge is 2.20. The van der Waals surface area contributed by atoms with Gasteiger partial charge < -0.3 is 18.9 Å². The molecule has 0 heterocycles. The van der Waals surface area contributed by atoms with Crippen molar-refractivity contribution in [3.8, 4) is 11.5 Å². The van der Waals surface area contributed by atoms with E-state index in [2.05, 4.69) is 13.2 Å². The van der Waals surface area contributed by atoms with Crippen LogP contribution in [0.25, 0.3) is 0 Å². The second-order valence-corrected chi connectivity index (χ2v) is 5.22. The molecule has 0 aliphatic rings. The van der Waals surface area contributed by atoms with Crippen LogP contribution < -0.4 is 9.47 Å². The number of para-hydroxylation sites is 2. The molecule has 7 nitrogen and oxygen atoms in total. The molecule has 0 spiro atoms. The number of hydrogen-bond donors (Lipinski definition) is 0. The van der Waals surface area contributed by atoms with Gasteiger partial charge in [-0.3, -0.25) is 0 Å². The molecule has 7 heteroatoms. The van der Waals surface area contributed by atoms with Crippen LogP contribution in [-0.2, 0) is 9.47 Å². The van der Waals surface area contributed by atoms with Gasteiger partial charge in [-0.05, 0) is 24.3 Å². The lowest BCUT2D eigenvalue weighted by Crippen LogP contribution is -2.18. The molecule has 0 aliphatic carbocycles. The van der Waals surface area contributed by atoms with E-state index in [0.29, 0.717) is 0 Å². The van der Waals surface area contributed by atoms with Crippen molar-refractivity contribution in [2.75, 3.05) is 13.2 Å². The zero-order chi connectivity index (χ0) is 20.4. The molecule has 28 heavy (non-hydrogen) atoms. The van der Waals surface area contributed by atoms with Gasteiger partial charge >= 0.3 is 18.1 Å². The van der Waals surface area contributed by atoms with Crippen molar-refractivity contribution in [2.24, 2.45) is 0 Å². The summed E-state index contributed by atoms with van der Waals surface area (Å²) in [5.74, 6) is -1.46. The van der Waals surface area contributed by atoms with Gasteiger partial charge in [-0.25, -0.2) is 14.4 Å². The molecule has 2 aromatic rings. The third-order valence-corrected chi connectivity index (χ3v) is 3.27. The number of esters is 2. The Labute approximate surface area is 161 Å². The second-order valence-electron chi connectivity index (χ2n) is 5.22. The molecule has 0 aliphatic heterocycles. The summed E-state index contributed by atoms with van der Waals surface area (Å²) in [6.07, 6.45) is 1.70. The number of ether oxygens (including phenoxy) is 4. The third kappa shape index (κ3) is 5.57. The molecule has 2 rings (SSSR count). The van der Waals surface area contributed by atoms with Gasteiger partial charge in [-0.1, -0.05) is 49.6 Å². The van der Waals surface area contributed by atoms with Gasteiger partial charge in [0.05, 0.1) is 0 Å². The summed E-state index contributed by atoms with van der Waals surface area (Å²) in [5, 5.41) is 0. The van der Waals surface area contributed by atoms with Gasteiger partial charge in [0.2, 0.25) is 0 Å². The molecule has 0 atom stereocenters. The minimum atomic E-state index is -1.13. The fraction of sp³-hybridized carbons (Fsp3) is 0.0952. The van der Waals surface area contributed by atoms with E-state index in [1.807, 2.05) is 0 Å². The minimum absolute atomic E-state index is 0.0117. The molecule has 0 saturated heterocycles. The maximum Gasteiger partial charge on any atom is 0.519 e. The first-order valence-electron chi connectivity index (χ1n) is 8.20. The summed E-state index contributed by atoms with van der Waals surface area (Å²) in [7, 11) is 0. The van der Waals surface area contributed by atoms with Gasteiger partial charge in [-0.15, -0.1) is 0 Å². The monoisotopic (exact) mass is 382 g/mol. The molecule has 0 bridgehead atoms. The molecule has 0 radical (unpaired) electrons. The van der Waals surface area contributed by atoms with E-state index in [-0.39, 0.29) is 35.8 Å². The number of benzene rings is 2. The predicted octanol–water partition coefficient (Wildman–Crippen LogP) is 3.95. The Morgan fingerprint density at radius 1 is 0.714 bits per heavy atom. The standard InChI is InChI=1S/C21H18O7/c1-3-13-25-19(22)15-9-5-7-11-17(15)27-21(24)28-18-12-8-6-10-16(18)20(23)26-14-4-2/h3-12H,1-2,13-14H2. The molecular formula is C21H18O7. The Kier molecular flexibility index (Phi) is 7.53. The van der Waals surface area contributed by atoms with Crippen molar-refractivity contribution >= 4 is 18.1 Å². The van der Waals surface area contributed by atoms with E-state index in [4.69, 9.17) is 18.9 Å². The predicted molar refractivity (Wildman–Crippen MR) is 100 cm³/mol. The zero-order valence-corrected chi connectivity index (χ0v) is 15.0. The molecule has 2 aromatic carbocycles. The summed E-state index contributed by atoms with van der Waals surface area (Å²) in [6.45, 7) is 6.94. The van der Waals surface area contributed by atoms with Gasteiger partial charge in [0.25, 0.3) is 0 Å². The van der Waals surface area contributed by atoms with Crippen LogP contribution in [-0.4, -0.2) is 31.3 Å². The van der Waals surface area contributed by atoms with Gasteiger partial charge in [-0.2, -0.15) is 0 Å². The minimum Gasteiger partial charge on any atom is -0.458 e. The van der Waals surface area contributed by atoms with E-state index >= 15 is 0 Å². The van der Waals surface area contributed by atoms with Crippen molar-refractivity contribution < 1.29 is 33.3 Å². The van der Waals surface area contributed by atoms with Crippen molar-refractivity contribution in [1.29, 1.82) is 0 Å². The Morgan fingerprint density at radius 2 is 1.11 bits per heavy atom. The number of rotatable bonds is 8. The zero-order valence-electron chi connectivity index (χ0n) is 15.0. The Balaban J connectivity index is 2.14. The molecule has 0 unspecified atom stereocenters. The highest BCUT2D eigenvalue weighted by molar-refractivity contribution is 5.94. The number of carbonyl (C=O) groups excluding carboxylic acids is 3. The van der Waals surface area contributed by atoms with Gasteiger partial charge in [0.15, 0.2) is 0 Å². The average Bonchev–Trinajstić information content (AvgIpc) is 2.71. The van der Waals surface area contributed by atoms with E-state index in [1.54, 1.807) is 24.3 Å². The van der Waals surface area contributed by atoms with Gasteiger partial charge in [0, 0.05) is 0 Å². The van der Waals surface area contributed by atoms with Crippen LogP contribution >= 0.6 is 0 Å². The van der Waals surface area contributed by atoms with Crippen LogP contribution in [0.5, 0.6) is 11.5 Å². The molecule has 144 valence electrons. The lowest BCUT2D eigenvalue weighted by atomic mass is 10.2. The first-order chi connectivity index (χ1) is 13.6. The van der Waals surface area contributed by atoms with Crippen molar-refractivity contribution in [3.63, 3.8) is 0 Å². The summed E-state index contributed by atoms with van der Waals surface area (Å²) in [6, 6.07) is 12.0. The lowest BCUT2D eigenvalue weighted by molar-refractivity contribution is 0.0539. The Bertz CT molecular complexity index is 814. The first kappa shape index (κ1) is 20.4. The summed E-state index contributed by atoms with van der Waals surface area (Å²) in [5.41, 5.74) is 0.0833. The van der Waals surface area contributed by atoms with E-state index in [9.17, 15) is 14.4 Å². The SMILES string of the molecule is C=CCOC(=O)c1ccccc1OC(=O)Oc1ccccc1C(=O)OCC=C. The quantitative estimate of drug-likeness (QED) is 0.388. The summed E-state index contributed by atoms with van der Waals surface area (Å²) < 4.78 is 20.1. The highest BCUT2D eigenvalue weighted by atomic mass is 16.7. The summed E-state index contributed by atoms with van der Waals surface area (Å²) in [4.78, 5) is 36.3. The number of hydrogen-bond acceptors (Lipinski definition) is 7. The van der Waals surface area contributed by atoms with Crippen LogP contribution in [0.2, 0.25) is 0 Å². The molecular weight excluding hydrogens is 364 g/mol. The maximum atomic E-state index is 12.2. The average molecular weight is 382 g/mol. The van der Waals surface area contributed by atoms with Crippen molar-refractivity contribution in [3.05, 3.63) is 85.0 Å².